The van der Waals surface area contributed by atoms with Gasteiger partial charge >= 0.3 is 0 Å². The van der Waals surface area contributed by atoms with E-state index in [2.05, 4.69) is 71.4 Å². The number of hydrogen-bond acceptors (Lipinski definition) is 4. The quantitative estimate of drug-likeness (QED) is 0.516. The van der Waals surface area contributed by atoms with Crippen LogP contribution < -0.4 is 20.5 Å². The summed E-state index contributed by atoms with van der Waals surface area (Å²) < 4.78 is 2.04. The molecule has 0 saturated carbocycles. The molecule has 1 aliphatic rings. The summed E-state index contributed by atoms with van der Waals surface area (Å²) in [6.45, 7) is 7.22. The van der Waals surface area contributed by atoms with E-state index in [0.29, 0.717) is 12.0 Å². The van der Waals surface area contributed by atoms with E-state index >= 15 is 0 Å². The van der Waals surface area contributed by atoms with Gasteiger partial charge in [0.25, 0.3) is 5.65 Å². The highest BCUT2D eigenvalue weighted by atomic mass is 15.3. The molecule has 4 N–H and O–H groups in total. The summed E-state index contributed by atoms with van der Waals surface area (Å²) in [4.78, 5) is 4.89. The number of H-pyrrole nitrogens is 1. The third-order valence-corrected chi connectivity index (χ3v) is 4.91. The van der Waals surface area contributed by atoms with E-state index in [1.165, 1.54) is 11.1 Å². The molecule has 0 aliphatic carbocycles. The Kier molecular flexibility index (Phi) is 4.75. The van der Waals surface area contributed by atoms with Crippen molar-refractivity contribution in [3.05, 3.63) is 53.7 Å². The second-order valence-corrected chi connectivity index (χ2v) is 7.24. The number of rotatable bonds is 6. The van der Waals surface area contributed by atoms with Gasteiger partial charge in [-0.1, -0.05) is 49.2 Å². The Morgan fingerprint density at radius 3 is 2.85 bits per heavy atom. The maximum atomic E-state index is 4.89. The second-order valence-electron chi connectivity index (χ2n) is 7.24. The van der Waals surface area contributed by atoms with Gasteiger partial charge in [0.2, 0.25) is 11.6 Å². The topological polar surface area (TPSA) is 68.9 Å². The molecule has 0 bridgehead atoms. The maximum absolute atomic E-state index is 4.89. The van der Waals surface area contributed by atoms with Crippen molar-refractivity contribution >= 4 is 17.3 Å². The van der Waals surface area contributed by atoms with Crippen LogP contribution in [0.25, 0.3) is 5.65 Å². The number of fused-ring (bicyclic) bond motifs is 1. The predicted molar refractivity (Wildman–Crippen MR) is 105 cm³/mol. The molecule has 0 spiro atoms. The van der Waals surface area contributed by atoms with Crippen LogP contribution in [0.1, 0.15) is 37.3 Å². The monoisotopic (exact) mass is 351 g/mol. The molecule has 6 nitrogen and oxygen atoms in total. The van der Waals surface area contributed by atoms with Crippen molar-refractivity contribution in [1.29, 1.82) is 0 Å². The Balaban J connectivity index is 1.66. The molecule has 1 fully saturated rings. The molecule has 136 valence electrons. The van der Waals surface area contributed by atoms with Crippen molar-refractivity contribution in [2.45, 2.75) is 38.8 Å². The van der Waals surface area contributed by atoms with Crippen LogP contribution in [-0.4, -0.2) is 29.2 Å². The highest BCUT2D eigenvalue weighted by molar-refractivity contribution is 5.54. The van der Waals surface area contributed by atoms with E-state index in [0.717, 1.165) is 43.3 Å². The minimum Gasteiger partial charge on any atom is -0.352 e. The van der Waals surface area contributed by atoms with Gasteiger partial charge in [0.1, 0.15) is 0 Å². The summed E-state index contributed by atoms with van der Waals surface area (Å²) in [6.07, 6.45) is 3.19. The van der Waals surface area contributed by atoms with Gasteiger partial charge < -0.3 is 10.6 Å². The van der Waals surface area contributed by atoms with Crippen LogP contribution in [-0.2, 0) is 6.54 Å². The zero-order valence-corrected chi connectivity index (χ0v) is 15.4. The minimum atomic E-state index is 0.411. The highest BCUT2D eigenvalue weighted by Gasteiger charge is 2.22. The van der Waals surface area contributed by atoms with Gasteiger partial charge in [-0.3, -0.25) is 10.4 Å². The molecule has 0 unspecified atom stereocenters. The number of aromatic nitrogens is 3. The average Bonchev–Trinajstić information content (AvgIpc) is 3.30. The molecule has 1 aliphatic heterocycles. The molecule has 3 heterocycles. The van der Waals surface area contributed by atoms with Crippen molar-refractivity contribution in [3.63, 3.8) is 0 Å². The zero-order chi connectivity index (χ0) is 17.9. The molecule has 3 aromatic rings. The van der Waals surface area contributed by atoms with Crippen molar-refractivity contribution in [2.75, 3.05) is 23.7 Å². The third kappa shape index (κ3) is 3.51. The zero-order valence-electron chi connectivity index (χ0n) is 15.4. The van der Waals surface area contributed by atoms with E-state index in [4.69, 9.17) is 4.98 Å². The standard InChI is InChI=1S/C20H26N6/c1-14(2)17-13-23-26-19(22-11-15-6-4-3-5-7-15)10-18(25-20(17)26)24-16-8-9-21-12-16/h3-7,10,13-14,16,21H,8-9,11-12H2,1-2H3,(H2,22,23,24,25)/p+1/t16-/m0/s1. The SMILES string of the molecule is CC(C)c1c[nH][n+]2c(NCc3ccccc3)cc(N[C@H]3CCNC3)nc12. The second kappa shape index (κ2) is 7.33. The van der Waals surface area contributed by atoms with E-state index in [9.17, 15) is 0 Å². The first kappa shape index (κ1) is 16.8. The van der Waals surface area contributed by atoms with Gasteiger partial charge in [-0.05, 0) is 24.4 Å². The Morgan fingerprint density at radius 2 is 2.12 bits per heavy atom. The normalized spacial score (nSPS) is 17.1. The number of nitrogens with zero attached hydrogens (tertiary/aromatic N) is 2. The van der Waals surface area contributed by atoms with E-state index in [1.807, 2.05) is 10.6 Å². The first-order valence-electron chi connectivity index (χ1n) is 9.40. The average molecular weight is 351 g/mol. The number of benzene rings is 1. The molecule has 1 aromatic carbocycles. The lowest BCUT2D eigenvalue weighted by Crippen LogP contribution is -2.31. The van der Waals surface area contributed by atoms with Gasteiger partial charge in [0.05, 0.1) is 18.2 Å². The summed E-state index contributed by atoms with van der Waals surface area (Å²) in [7, 11) is 0. The van der Waals surface area contributed by atoms with Crippen LogP contribution in [0.5, 0.6) is 0 Å². The van der Waals surface area contributed by atoms with Gasteiger partial charge in [-0.15, -0.1) is 4.52 Å². The largest absolute Gasteiger partial charge is 0.352 e. The Hall–Kier alpha value is -2.60. The molecule has 1 atom stereocenters. The molecule has 6 heteroatoms. The summed E-state index contributed by atoms with van der Waals surface area (Å²) in [6, 6.07) is 13.0. The lowest BCUT2D eigenvalue weighted by atomic mass is 10.1. The first-order chi connectivity index (χ1) is 12.7. The number of nitrogens with one attached hydrogen (secondary N) is 4. The van der Waals surface area contributed by atoms with Crippen molar-refractivity contribution in [2.24, 2.45) is 0 Å². The molecule has 2 aromatic heterocycles. The van der Waals surface area contributed by atoms with E-state index in [-0.39, 0.29) is 0 Å². The fraction of sp³-hybridized carbons (Fsp3) is 0.400. The first-order valence-corrected chi connectivity index (χ1v) is 9.40. The number of hydrogen-bond donors (Lipinski definition) is 4. The predicted octanol–water partition coefficient (Wildman–Crippen LogP) is 2.66. The molecular formula is C20H27N6+. The van der Waals surface area contributed by atoms with Gasteiger partial charge in [-0.2, -0.15) is 0 Å². The molecule has 26 heavy (non-hydrogen) atoms. The Bertz CT molecular complexity index is 865. The van der Waals surface area contributed by atoms with Crippen molar-refractivity contribution in [3.8, 4) is 0 Å². The summed E-state index contributed by atoms with van der Waals surface area (Å²) in [5.74, 6) is 2.35. The molecule has 1 saturated heterocycles. The lowest BCUT2D eigenvalue weighted by Gasteiger charge is -2.11. The highest BCUT2D eigenvalue weighted by Crippen LogP contribution is 2.21. The number of anilines is 2. The fourth-order valence-corrected chi connectivity index (χ4v) is 3.43. The Morgan fingerprint density at radius 1 is 1.27 bits per heavy atom. The van der Waals surface area contributed by atoms with Crippen LogP contribution in [0.3, 0.4) is 0 Å². The van der Waals surface area contributed by atoms with Gasteiger partial charge in [-0.25, -0.2) is 0 Å². The van der Waals surface area contributed by atoms with Crippen LogP contribution in [0.15, 0.2) is 42.6 Å². The minimum absolute atomic E-state index is 0.411. The van der Waals surface area contributed by atoms with Crippen LogP contribution in [0.2, 0.25) is 0 Å². The van der Waals surface area contributed by atoms with Crippen molar-refractivity contribution in [1.82, 2.24) is 15.4 Å². The molecular weight excluding hydrogens is 324 g/mol. The summed E-state index contributed by atoms with van der Waals surface area (Å²) >= 11 is 0. The number of aromatic amines is 1. The lowest BCUT2D eigenvalue weighted by molar-refractivity contribution is -0.564. The van der Waals surface area contributed by atoms with E-state index < -0.39 is 0 Å². The van der Waals surface area contributed by atoms with Crippen LogP contribution >= 0.6 is 0 Å². The molecule has 0 amide bonds. The van der Waals surface area contributed by atoms with E-state index in [1.54, 1.807) is 0 Å². The molecule has 0 radical (unpaired) electrons. The third-order valence-electron chi connectivity index (χ3n) is 4.91. The van der Waals surface area contributed by atoms with Crippen LogP contribution in [0.4, 0.5) is 11.6 Å². The smallest absolute Gasteiger partial charge is 0.292 e. The fourth-order valence-electron chi connectivity index (χ4n) is 3.43. The molecule has 4 rings (SSSR count). The van der Waals surface area contributed by atoms with Gasteiger partial charge in [0, 0.05) is 18.8 Å². The summed E-state index contributed by atoms with van der Waals surface area (Å²) in [5.41, 5.74) is 3.45. The summed E-state index contributed by atoms with van der Waals surface area (Å²) in [5, 5.41) is 13.9. The van der Waals surface area contributed by atoms with Gasteiger partial charge in [0.15, 0.2) is 0 Å². The maximum Gasteiger partial charge on any atom is 0.292 e. The Labute approximate surface area is 154 Å². The van der Waals surface area contributed by atoms with Crippen molar-refractivity contribution < 1.29 is 4.52 Å². The van der Waals surface area contributed by atoms with Crippen LogP contribution in [0, 0.1) is 0 Å².